The van der Waals surface area contributed by atoms with Crippen LogP contribution in [0.3, 0.4) is 0 Å². The van der Waals surface area contributed by atoms with Gasteiger partial charge in [-0.15, -0.1) is 12.4 Å². The highest BCUT2D eigenvalue weighted by atomic mass is 35.5. The maximum atomic E-state index is 12.7. The summed E-state index contributed by atoms with van der Waals surface area (Å²) in [6.45, 7) is 9.79. The molecule has 5 heteroatoms. The molecule has 0 aromatic carbocycles. The van der Waals surface area contributed by atoms with Crippen LogP contribution in [0.4, 0.5) is 0 Å². The molecule has 4 nitrogen and oxygen atoms in total. The van der Waals surface area contributed by atoms with E-state index < -0.39 is 0 Å². The first kappa shape index (κ1) is 17.1. The van der Waals surface area contributed by atoms with Gasteiger partial charge in [0.15, 0.2) is 0 Å². The highest BCUT2D eigenvalue weighted by Crippen LogP contribution is 2.25. The van der Waals surface area contributed by atoms with E-state index in [1.54, 1.807) is 0 Å². The van der Waals surface area contributed by atoms with Crippen molar-refractivity contribution >= 4 is 18.3 Å². The summed E-state index contributed by atoms with van der Waals surface area (Å²) in [5, 5.41) is 0. The van der Waals surface area contributed by atoms with Crippen molar-refractivity contribution in [2.75, 3.05) is 13.1 Å². The summed E-state index contributed by atoms with van der Waals surface area (Å²) in [6, 6.07) is 2.61. The minimum atomic E-state index is 0. The maximum absolute atomic E-state index is 12.7. The molecule has 0 aliphatic carbocycles. The minimum absolute atomic E-state index is 0. The smallest absolute Gasteiger partial charge is 0.255 e. The number of rotatable bonds is 3. The number of carbonyl (C=O) groups excluding carboxylic acids is 1. The summed E-state index contributed by atoms with van der Waals surface area (Å²) < 4.78 is 2.22. The summed E-state index contributed by atoms with van der Waals surface area (Å²) in [5.74, 6) is 0.146. The van der Waals surface area contributed by atoms with Crippen LogP contribution in [0.15, 0.2) is 6.07 Å². The first-order valence-electron chi connectivity index (χ1n) is 7.16. The maximum Gasteiger partial charge on any atom is 0.255 e. The molecule has 1 aliphatic heterocycles. The van der Waals surface area contributed by atoms with E-state index >= 15 is 0 Å². The molecule has 0 spiro atoms. The van der Waals surface area contributed by atoms with E-state index in [1.807, 2.05) is 17.9 Å². The van der Waals surface area contributed by atoms with E-state index in [0.717, 1.165) is 36.3 Å². The van der Waals surface area contributed by atoms with Gasteiger partial charge in [0.05, 0.1) is 5.56 Å². The number of halogens is 1. The standard InChI is InChI=1S/C15H25N3O.ClH/c1-10(2)18-11(3)8-14(12(18)4)15(19)17-7-5-6-13(17)9-16;/h8,10,13H,5-7,9,16H2,1-4H3;1H. The largest absolute Gasteiger partial charge is 0.346 e. The van der Waals surface area contributed by atoms with Crippen LogP contribution in [-0.2, 0) is 0 Å². The van der Waals surface area contributed by atoms with E-state index in [2.05, 4.69) is 25.3 Å². The molecule has 1 atom stereocenters. The quantitative estimate of drug-likeness (QED) is 0.933. The molecule has 20 heavy (non-hydrogen) atoms. The molecule has 1 aromatic rings. The Morgan fingerprint density at radius 1 is 1.45 bits per heavy atom. The summed E-state index contributed by atoms with van der Waals surface area (Å²) in [5.41, 5.74) is 8.82. The normalized spacial score (nSPS) is 18.5. The van der Waals surface area contributed by atoms with E-state index in [1.165, 1.54) is 0 Å². The molecular weight excluding hydrogens is 274 g/mol. The molecule has 0 radical (unpaired) electrons. The molecule has 1 fully saturated rings. The Hall–Kier alpha value is -1.000. The zero-order valence-corrected chi connectivity index (χ0v) is 13.7. The lowest BCUT2D eigenvalue weighted by Crippen LogP contribution is -2.40. The predicted octanol–water partition coefficient (Wildman–Crippen LogP) is 2.67. The average molecular weight is 300 g/mol. The highest BCUT2D eigenvalue weighted by Gasteiger charge is 2.30. The van der Waals surface area contributed by atoms with Gasteiger partial charge < -0.3 is 15.2 Å². The second-order valence-corrected chi connectivity index (χ2v) is 5.78. The van der Waals surface area contributed by atoms with Gasteiger partial charge in [-0.1, -0.05) is 0 Å². The molecule has 0 saturated carbocycles. The number of likely N-dealkylation sites (tertiary alicyclic amines) is 1. The van der Waals surface area contributed by atoms with Gasteiger partial charge >= 0.3 is 0 Å². The van der Waals surface area contributed by atoms with Crippen molar-refractivity contribution in [2.24, 2.45) is 5.73 Å². The lowest BCUT2D eigenvalue weighted by atomic mass is 10.2. The second kappa shape index (κ2) is 6.64. The number of nitrogens with zero attached hydrogens (tertiary/aromatic N) is 2. The van der Waals surface area contributed by atoms with E-state index in [9.17, 15) is 4.79 Å². The number of aromatic nitrogens is 1. The highest BCUT2D eigenvalue weighted by molar-refractivity contribution is 5.96. The first-order chi connectivity index (χ1) is 8.97. The molecule has 0 bridgehead atoms. The van der Waals surface area contributed by atoms with Gasteiger partial charge in [-0.3, -0.25) is 4.79 Å². The van der Waals surface area contributed by atoms with Crippen LogP contribution in [0.2, 0.25) is 0 Å². The number of carbonyl (C=O) groups is 1. The van der Waals surface area contributed by atoms with Gasteiger partial charge in [-0.25, -0.2) is 0 Å². The monoisotopic (exact) mass is 299 g/mol. The van der Waals surface area contributed by atoms with Crippen molar-refractivity contribution in [3.63, 3.8) is 0 Å². The third-order valence-electron chi connectivity index (χ3n) is 4.14. The number of hydrogen-bond donors (Lipinski definition) is 1. The SMILES string of the molecule is Cc1cc(C(=O)N2CCCC2CN)c(C)n1C(C)C.Cl. The average Bonchev–Trinajstić information content (AvgIpc) is 2.92. The van der Waals surface area contributed by atoms with Crippen LogP contribution in [-0.4, -0.2) is 34.5 Å². The number of hydrogen-bond acceptors (Lipinski definition) is 2. The summed E-state index contributed by atoms with van der Waals surface area (Å²) in [7, 11) is 0. The zero-order chi connectivity index (χ0) is 14.2. The fourth-order valence-corrected chi connectivity index (χ4v) is 3.29. The molecule has 1 unspecified atom stereocenters. The lowest BCUT2D eigenvalue weighted by Gasteiger charge is -2.23. The Kier molecular flexibility index (Phi) is 5.66. The van der Waals surface area contributed by atoms with E-state index in [0.29, 0.717) is 12.6 Å². The van der Waals surface area contributed by atoms with E-state index in [4.69, 9.17) is 5.73 Å². The minimum Gasteiger partial charge on any atom is -0.346 e. The summed E-state index contributed by atoms with van der Waals surface area (Å²) in [6.07, 6.45) is 2.10. The predicted molar refractivity (Wildman–Crippen MR) is 84.7 cm³/mol. The molecule has 2 rings (SSSR count). The zero-order valence-electron chi connectivity index (χ0n) is 12.8. The molecule has 114 valence electrons. The molecule has 1 amide bonds. The van der Waals surface area contributed by atoms with Gasteiger partial charge in [0.2, 0.25) is 0 Å². The van der Waals surface area contributed by atoms with Gasteiger partial charge in [0, 0.05) is 36.6 Å². The van der Waals surface area contributed by atoms with Crippen molar-refractivity contribution in [1.82, 2.24) is 9.47 Å². The Balaban J connectivity index is 0.00000200. The van der Waals surface area contributed by atoms with Crippen molar-refractivity contribution in [3.05, 3.63) is 23.0 Å². The van der Waals surface area contributed by atoms with Crippen molar-refractivity contribution < 1.29 is 4.79 Å². The van der Waals surface area contributed by atoms with Gasteiger partial charge in [-0.05, 0) is 46.6 Å². The van der Waals surface area contributed by atoms with Crippen LogP contribution in [0, 0.1) is 13.8 Å². The van der Waals surface area contributed by atoms with Gasteiger partial charge in [-0.2, -0.15) is 0 Å². The summed E-state index contributed by atoms with van der Waals surface area (Å²) >= 11 is 0. The summed E-state index contributed by atoms with van der Waals surface area (Å²) in [4.78, 5) is 14.6. The number of aryl methyl sites for hydroxylation is 1. The van der Waals surface area contributed by atoms with Crippen molar-refractivity contribution in [2.45, 2.75) is 52.6 Å². The van der Waals surface area contributed by atoms with Gasteiger partial charge in [0.25, 0.3) is 5.91 Å². The van der Waals surface area contributed by atoms with Gasteiger partial charge in [0.1, 0.15) is 0 Å². The second-order valence-electron chi connectivity index (χ2n) is 5.78. The fourth-order valence-electron chi connectivity index (χ4n) is 3.29. The van der Waals surface area contributed by atoms with Crippen LogP contribution in [0.1, 0.15) is 54.5 Å². The molecule has 2 N–H and O–H groups in total. The molecular formula is C15H26ClN3O. The molecule has 1 aliphatic rings. The molecule has 2 heterocycles. The topological polar surface area (TPSA) is 51.3 Å². The lowest BCUT2D eigenvalue weighted by molar-refractivity contribution is 0.0740. The van der Waals surface area contributed by atoms with Crippen molar-refractivity contribution in [1.29, 1.82) is 0 Å². The number of nitrogens with two attached hydrogens (primary N) is 1. The van der Waals surface area contributed by atoms with E-state index in [-0.39, 0.29) is 24.4 Å². The Morgan fingerprint density at radius 2 is 2.10 bits per heavy atom. The van der Waals surface area contributed by atoms with Crippen LogP contribution < -0.4 is 5.73 Å². The van der Waals surface area contributed by atoms with Crippen LogP contribution in [0.25, 0.3) is 0 Å². The van der Waals surface area contributed by atoms with Crippen LogP contribution in [0.5, 0.6) is 0 Å². The number of amides is 1. The Morgan fingerprint density at radius 3 is 2.60 bits per heavy atom. The van der Waals surface area contributed by atoms with Crippen LogP contribution >= 0.6 is 12.4 Å². The Labute approximate surface area is 127 Å². The fraction of sp³-hybridized carbons (Fsp3) is 0.667. The molecule has 1 saturated heterocycles. The molecule has 1 aromatic heterocycles. The van der Waals surface area contributed by atoms with Crippen molar-refractivity contribution in [3.8, 4) is 0 Å². The Bertz CT molecular complexity index is 482. The first-order valence-corrected chi connectivity index (χ1v) is 7.16. The third kappa shape index (κ3) is 2.86. The third-order valence-corrected chi connectivity index (χ3v) is 4.14.